The van der Waals surface area contributed by atoms with E-state index in [1.165, 1.54) is 14.1 Å². The maximum Gasteiger partial charge on any atom is 0.335 e. The molecule has 600 valence electrons. The molecule has 1 aliphatic rings. The molecule has 7 atom stereocenters. The molecular weight excluding hydrogens is 1420 g/mol. The molecule has 7 unspecified atom stereocenters. The summed E-state index contributed by atoms with van der Waals surface area (Å²) in [4.78, 5) is 148. The van der Waals surface area contributed by atoms with Gasteiger partial charge >= 0.3 is 12.1 Å². The van der Waals surface area contributed by atoms with Gasteiger partial charge in [0, 0.05) is 14.1 Å². The van der Waals surface area contributed by atoms with Gasteiger partial charge < -0.3 is 69.1 Å². The van der Waals surface area contributed by atoms with Gasteiger partial charge in [0.1, 0.15) is 29.5 Å². The zero-order chi connectivity index (χ0) is 81.3. The molecule has 7 rings (SSSR count). The second kappa shape index (κ2) is 48.1. The predicted octanol–water partition coefficient (Wildman–Crippen LogP) is 7.20. The zero-order valence-electron chi connectivity index (χ0n) is 65.8. The number of carbonyl (C=O) groups is 11. The molecule has 0 aliphatic heterocycles. The second-order valence-electron chi connectivity index (χ2n) is 28.1. The Morgan fingerprint density at radius 1 is 0.366 bits per heavy atom. The molecule has 13 amide bonds. The van der Waals surface area contributed by atoms with Gasteiger partial charge in [-0.05, 0) is 104 Å². The molecule has 0 saturated heterocycles. The number of rotatable bonds is 39. The van der Waals surface area contributed by atoms with Crippen LogP contribution in [-0.4, -0.2) is 148 Å². The number of benzene rings is 6. The number of hydrazone groups is 2. The Labute approximate surface area is 657 Å². The largest absolute Gasteiger partial charge is 0.357 e. The topological polar surface area (TPSA) is 393 Å². The summed E-state index contributed by atoms with van der Waals surface area (Å²) in [7, 11) is 6.35. The van der Waals surface area contributed by atoms with Gasteiger partial charge in [-0.25, -0.2) is 20.4 Å². The Morgan fingerprint density at radius 3 is 1.00 bits per heavy atom. The van der Waals surface area contributed by atoms with Gasteiger partial charge in [0.25, 0.3) is 11.8 Å². The summed E-state index contributed by atoms with van der Waals surface area (Å²) in [5, 5.41) is 44.9. The Bertz CT molecular complexity index is 3940. The van der Waals surface area contributed by atoms with Gasteiger partial charge in [0.05, 0.1) is 49.3 Å². The van der Waals surface area contributed by atoms with Crippen molar-refractivity contribution in [2.75, 3.05) is 41.3 Å². The average molecular weight is 1540 g/mol. The van der Waals surface area contributed by atoms with Gasteiger partial charge in [0.2, 0.25) is 41.4 Å². The number of likely N-dealkylation sites (N-methyl/N-ethyl adjacent to an activating group) is 4. The Hall–Kier alpha value is -11.7. The summed E-state index contributed by atoms with van der Waals surface area (Å²) in [6.07, 6.45) is 7.53. The number of urea groups is 2. The van der Waals surface area contributed by atoms with E-state index in [2.05, 4.69) is 90.2 Å². The molecule has 6 aromatic carbocycles. The highest BCUT2D eigenvalue weighted by Gasteiger charge is 2.35. The molecule has 15 N–H and O–H groups in total. The molecule has 1 aliphatic carbocycles. The number of nitrogens with zero attached hydrogens (tertiary/aromatic N) is 2. The fourth-order valence-electron chi connectivity index (χ4n) is 13.0. The van der Waals surface area contributed by atoms with E-state index in [0.717, 1.165) is 54.4 Å². The minimum atomic E-state index is -1.05. The Kier molecular flexibility index (Phi) is 38.3. The summed E-state index contributed by atoms with van der Waals surface area (Å²) in [6.45, 7) is 10.6. The van der Waals surface area contributed by atoms with Crippen LogP contribution >= 0.6 is 0 Å². The van der Waals surface area contributed by atoms with E-state index in [9.17, 15) is 52.7 Å². The van der Waals surface area contributed by atoms with E-state index in [-0.39, 0.29) is 47.4 Å². The standard InChI is InChI=1S/C46H63N9O6.C38H50N8O5/c1-6-19-35(50-42(57)36(28-30(2)3)51-45(60)39(47-4)33-24-15-9-16-25-33)41(44(59)49-29-37(56)52-40(43(58)48-5)34-26-17-10-18-27-34)54-55-46(61)53-38(31-20-11-7-12-21-31)32-22-13-8-14-23-32;1-6-16-29(42-35(48)30(39-4)23-25(2)3)34(37(50)41-24-31(47)43-33(36(49)40-5)28-21-14-9-15-22-28)45-46-38(51)44-32(26-17-10-7-11-18-26)27-19-12-8-13-20-27/h7-8,10-14,17-18,20-23,26-27,30,33,35-36,38-40,47H,6,9,15-16,19,24-25,28-29H2,1-5H3,(H,48,58)(H,49,59)(H,50,57)(H,51,60)(H,52,56)(H2,53,55,61);7-15,17-22,25,29-30,32-33,39H,6,16,23-24H2,1-5H3,(H,40,49)(H,41,50)(H,42,48)(H,43,47)(H2,44,46,51)/b54-41+;45-34+. The van der Waals surface area contributed by atoms with Crippen LogP contribution in [0.2, 0.25) is 0 Å². The Morgan fingerprint density at radius 2 is 0.688 bits per heavy atom. The molecule has 0 spiro atoms. The predicted molar refractivity (Wildman–Crippen MR) is 433 cm³/mol. The van der Waals surface area contributed by atoms with Crippen LogP contribution < -0.4 is 80.0 Å². The van der Waals surface area contributed by atoms with Gasteiger partial charge in [-0.2, -0.15) is 10.2 Å². The van der Waals surface area contributed by atoms with Crippen LogP contribution in [0.1, 0.15) is 170 Å². The lowest BCUT2D eigenvalue weighted by molar-refractivity contribution is -0.131. The molecule has 112 heavy (non-hydrogen) atoms. The van der Waals surface area contributed by atoms with Crippen molar-refractivity contribution < 1.29 is 52.7 Å². The SMILES string of the molecule is CCCC(NC(=O)C(CC(C)C)NC(=O)C(NC)C1CCCCC1)/C(=N\NC(=O)NC(c1ccccc1)c1ccccc1)C(=O)NCC(=O)NC(C(=O)NC)c1ccccc1.CCCC(NC(=O)C(CC(C)C)NC)/C(=N\NC(=O)NC(c1ccccc1)c1ccccc1)C(=O)NCC(=O)NC(C(=O)NC)c1ccccc1. The summed E-state index contributed by atoms with van der Waals surface area (Å²) >= 11 is 0. The van der Waals surface area contributed by atoms with Crippen molar-refractivity contribution in [3.63, 3.8) is 0 Å². The summed E-state index contributed by atoms with van der Waals surface area (Å²) in [5.74, 6) is -4.56. The van der Waals surface area contributed by atoms with Gasteiger partial charge in [-0.3, -0.25) is 43.2 Å². The van der Waals surface area contributed by atoms with E-state index in [0.29, 0.717) is 43.2 Å². The number of nitrogens with one attached hydrogen (secondary N) is 15. The first-order valence-electron chi connectivity index (χ1n) is 38.4. The normalized spacial score (nSPS) is 14.2. The number of amides is 13. The van der Waals surface area contributed by atoms with Crippen LogP contribution in [0.4, 0.5) is 9.59 Å². The quantitative estimate of drug-likeness (QED) is 0.0134. The van der Waals surface area contributed by atoms with E-state index in [1.807, 2.05) is 163 Å². The lowest BCUT2D eigenvalue weighted by atomic mass is 9.83. The van der Waals surface area contributed by atoms with Crippen LogP contribution in [0.25, 0.3) is 0 Å². The highest BCUT2D eigenvalue weighted by Crippen LogP contribution is 2.28. The monoisotopic (exact) mass is 1540 g/mol. The van der Waals surface area contributed by atoms with Crippen molar-refractivity contribution >= 4 is 76.7 Å². The van der Waals surface area contributed by atoms with E-state index < -0.39 is 121 Å². The molecule has 0 radical (unpaired) electrons. The number of hydrogen-bond acceptors (Lipinski definition) is 15. The third-order valence-electron chi connectivity index (χ3n) is 18.7. The molecule has 28 heteroatoms. The molecule has 0 aromatic heterocycles. The number of hydrogen-bond donors (Lipinski definition) is 15. The average Bonchev–Trinajstić information content (AvgIpc) is 0.845. The first kappa shape index (κ1) is 89.2. The first-order chi connectivity index (χ1) is 54.0. The molecule has 28 nitrogen and oxygen atoms in total. The fraction of sp³-hybridized carbons (Fsp3) is 0.417. The third-order valence-corrected chi connectivity index (χ3v) is 18.7. The highest BCUT2D eigenvalue weighted by atomic mass is 16.2. The molecule has 6 aromatic rings. The fourth-order valence-corrected chi connectivity index (χ4v) is 13.0. The lowest BCUT2D eigenvalue weighted by Crippen LogP contribution is -2.58. The van der Waals surface area contributed by atoms with Crippen LogP contribution in [0.5, 0.6) is 0 Å². The minimum Gasteiger partial charge on any atom is -0.357 e. The van der Waals surface area contributed by atoms with Crippen molar-refractivity contribution in [2.45, 2.75) is 167 Å². The van der Waals surface area contributed by atoms with Gasteiger partial charge in [-0.1, -0.05) is 256 Å². The van der Waals surface area contributed by atoms with Crippen LogP contribution in [-0.2, 0) is 43.2 Å². The van der Waals surface area contributed by atoms with Gasteiger partial charge in [0.15, 0.2) is 0 Å². The van der Waals surface area contributed by atoms with Crippen LogP contribution in [0.15, 0.2) is 192 Å². The smallest absolute Gasteiger partial charge is 0.335 e. The first-order valence-corrected chi connectivity index (χ1v) is 38.4. The van der Waals surface area contributed by atoms with Crippen molar-refractivity contribution in [2.24, 2.45) is 28.0 Å². The van der Waals surface area contributed by atoms with E-state index in [4.69, 9.17) is 0 Å². The molecule has 0 heterocycles. The molecular formula is C84H113N17O11. The molecule has 1 fully saturated rings. The van der Waals surface area contributed by atoms with Crippen LogP contribution in [0.3, 0.4) is 0 Å². The summed E-state index contributed by atoms with van der Waals surface area (Å²) in [6, 6.07) is 46.4. The highest BCUT2D eigenvalue weighted by molar-refractivity contribution is 6.42. The van der Waals surface area contributed by atoms with E-state index in [1.54, 1.807) is 74.8 Å². The van der Waals surface area contributed by atoms with Crippen molar-refractivity contribution in [1.82, 2.24) is 80.0 Å². The maximum absolute atomic E-state index is 14.2. The zero-order valence-corrected chi connectivity index (χ0v) is 65.8. The minimum absolute atomic E-state index is 0.0281. The van der Waals surface area contributed by atoms with Gasteiger partial charge in [-0.15, -0.1) is 0 Å². The lowest BCUT2D eigenvalue weighted by Gasteiger charge is -2.31. The van der Waals surface area contributed by atoms with Crippen molar-refractivity contribution in [3.8, 4) is 0 Å². The molecule has 0 bridgehead atoms. The number of carbonyl (C=O) groups excluding carboxylic acids is 11. The maximum atomic E-state index is 14.2. The van der Waals surface area contributed by atoms with Crippen molar-refractivity contribution in [3.05, 3.63) is 215 Å². The third kappa shape index (κ3) is 29.3. The second-order valence-corrected chi connectivity index (χ2v) is 28.1. The van der Waals surface area contributed by atoms with E-state index >= 15 is 0 Å². The summed E-state index contributed by atoms with van der Waals surface area (Å²) in [5.41, 5.74) is 8.80. The molecule has 1 saturated carbocycles. The van der Waals surface area contributed by atoms with Crippen molar-refractivity contribution in [1.29, 1.82) is 0 Å². The Balaban J connectivity index is 0.000000355. The van der Waals surface area contributed by atoms with Crippen LogP contribution in [0, 0.1) is 17.8 Å². The summed E-state index contributed by atoms with van der Waals surface area (Å²) < 4.78 is 0.